The Balaban J connectivity index is 2.40. The molecule has 0 amide bonds. The molecule has 1 unspecified atom stereocenters. The highest BCUT2D eigenvalue weighted by Gasteiger charge is 2.06. The fraction of sp³-hybridized carbons (Fsp3) is 0.417. The third-order valence-electron chi connectivity index (χ3n) is 2.15. The van der Waals surface area contributed by atoms with E-state index in [1.54, 1.807) is 0 Å². The summed E-state index contributed by atoms with van der Waals surface area (Å²) in [6.07, 6.45) is 0.251. The van der Waals surface area contributed by atoms with Crippen molar-refractivity contribution in [1.29, 1.82) is 0 Å². The first-order valence-electron chi connectivity index (χ1n) is 5.12. The zero-order valence-electron chi connectivity index (χ0n) is 9.18. The van der Waals surface area contributed by atoms with Crippen LogP contribution >= 0.6 is 0 Å². The van der Waals surface area contributed by atoms with Crippen LogP contribution in [0.3, 0.4) is 0 Å². The monoisotopic (exact) mass is 207 g/mol. The Hall–Kier alpha value is -1.35. The fourth-order valence-corrected chi connectivity index (χ4v) is 1.05. The summed E-state index contributed by atoms with van der Waals surface area (Å²) >= 11 is 0. The Bertz CT molecular complexity index is 309. The quantitative estimate of drug-likeness (QED) is 0.595. The smallest absolute Gasteiger partial charge is 0.147 e. The second-order valence-corrected chi connectivity index (χ2v) is 3.40. The fourth-order valence-electron chi connectivity index (χ4n) is 1.05. The first kappa shape index (κ1) is 11.7. The topological polar surface area (TPSA) is 41.8 Å². The van der Waals surface area contributed by atoms with Crippen LogP contribution in [-0.4, -0.2) is 17.4 Å². The van der Waals surface area contributed by atoms with Gasteiger partial charge in [-0.2, -0.15) is 0 Å². The van der Waals surface area contributed by atoms with Crippen LogP contribution < -0.4 is 0 Å². The van der Waals surface area contributed by atoms with Crippen LogP contribution in [0.1, 0.15) is 31.9 Å². The molecule has 1 N–H and O–H groups in total. The van der Waals surface area contributed by atoms with Gasteiger partial charge in [0, 0.05) is 0 Å². The van der Waals surface area contributed by atoms with E-state index in [4.69, 9.17) is 4.84 Å². The number of hydrogen-bond donors (Lipinski definition) is 1. The average Bonchev–Trinajstić information content (AvgIpc) is 2.29. The van der Waals surface area contributed by atoms with E-state index >= 15 is 0 Å². The number of hydrogen-bond acceptors (Lipinski definition) is 3. The van der Waals surface area contributed by atoms with Crippen molar-refractivity contribution in [3.05, 3.63) is 35.9 Å². The van der Waals surface area contributed by atoms with Gasteiger partial charge in [-0.1, -0.05) is 42.4 Å². The van der Waals surface area contributed by atoms with Gasteiger partial charge in [0.25, 0.3) is 0 Å². The van der Waals surface area contributed by atoms with Crippen LogP contribution in [0.4, 0.5) is 0 Å². The lowest BCUT2D eigenvalue weighted by atomic mass is 10.1. The molecule has 0 aliphatic carbocycles. The molecule has 0 heterocycles. The van der Waals surface area contributed by atoms with Crippen molar-refractivity contribution >= 4 is 5.71 Å². The maximum atomic E-state index is 9.71. The summed E-state index contributed by atoms with van der Waals surface area (Å²) in [6.45, 7) is 4.10. The van der Waals surface area contributed by atoms with Gasteiger partial charge in [-0.25, -0.2) is 0 Å². The standard InChI is InChI=1S/C12H17NO2/c1-3-10(2)13-15-9-12(14)11-7-5-4-6-8-11/h4-8,12,14H,3,9H2,1-2H3/b13-10+. The Morgan fingerprint density at radius 2 is 2.07 bits per heavy atom. The lowest BCUT2D eigenvalue weighted by Gasteiger charge is -2.09. The van der Waals surface area contributed by atoms with Crippen LogP contribution in [0, 0.1) is 0 Å². The predicted molar refractivity (Wildman–Crippen MR) is 60.8 cm³/mol. The summed E-state index contributed by atoms with van der Waals surface area (Å²) < 4.78 is 0. The van der Waals surface area contributed by atoms with Gasteiger partial charge in [0.2, 0.25) is 0 Å². The Morgan fingerprint density at radius 1 is 1.40 bits per heavy atom. The van der Waals surface area contributed by atoms with Gasteiger partial charge >= 0.3 is 0 Å². The first-order chi connectivity index (χ1) is 7.24. The van der Waals surface area contributed by atoms with Gasteiger partial charge in [0.1, 0.15) is 12.7 Å². The number of aliphatic hydroxyl groups is 1. The highest BCUT2D eigenvalue weighted by Crippen LogP contribution is 2.12. The van der Waals surface area contributed by atoms with Crippen molar-refractivity contribution in [3.8, 4) is 0 Å². The Morgan fingerprint density at radius 3 is 2.67 bits per heavy atom. The van der Waals surface area contributed by atoms with E-state index in [1.807, 2.05) is 44.2 Å². The van der Waals surface area contributed by atoms with E-state index in [9.17, 15) is 5.11 Å². The maximum absolute atomic E-state index is 9.71. The minimum atomic E-state index is -0.611. The highest BCUT2D eigenvalue weighted by molar-refractivity contribution is 5.80. The number of oxime groups is 1. The van der Waals surface area contributed by atoms with Gasteiger partial charge in [-0.15, -0.1) is 0 Å². The molecule has 1 aromatic rings. The molecule has 0 radical (unpaired) electrons. The molecule has 1 atom stereocenters. The van der Waals surface area contributed by atoms with E-state index in [-0.39, 0.29) is 6.61 Å². The van der Waals surface area contributed by atoms with Crippen molar-refractivity contribution < 1.29 is 9.94 Å². The highest BCUT2D eigenvalue weighted by atomic mass is 16.6. The van der Waals surface area contributed by atoms with Crippen LogP contribution in [-0.2, 0) is 4.84 Å². The molecule has 0 aliphatic rings. The molecule has 0 aromatic heterocycles. The molecule has 1 aromatic carbocycles. The Labute approximate surface area is 90.4 Å². The molecule has 1 rings (SSSR count). The van der Waals surface area contributed by atoms with Crippen molar-refractivity contribution in [2.75, 3.05) is 6.61 Å². The normalized spacial score (nSPS) is 13.7. The molecular formula is C12H17NO2. The number of aliphatic hydroxyl groups excluding tert-OH is 1. The zero-order valence-corrected chi connectivity index (χ0v) is 9.18. The first-order valence-corrected chi connectivity index (χ1v) is 5.12. The number of rotatable bonds is 5. The molecule has 0 spiro atoms. The summed E-state index contributed by atoms with van der Waals surface area (Å²) in [5, 5.41) is 13.6. The second kappa shape index (κ2) is 6.19. The summed E-state index contributed by atoms with van der Waals surface area (Å²) in [7, 11) is 0. The lowest BCUT2D eigenvalue weighted by Crippen LogP contribution is -2.05. The molecule has 15 heavy (non-hydrogen) atoms. The van der Waals surface area contributed by atoms with Crippen LogP contribution in [0.2, 0.25) is 0 Å². The largest absolute Gasteiger partial charge is 0.393 e. The van der Waals surface area contributed by atoms with Gasteiger partial charge < -0.3 is 9.94 Å². The molecule has 3 heteroatoms. The molecule has 0 saturated heterocycles. The molecule has 3 nitrogen and oxygen atoms in total. The van der Waals surface area contributed by atoms with E-state index in [1.165, 1.54) is 0 Å². The van der Waals surface area contributed by atoms with E-state index in [2.05, 4.69) is 5.16 Å². The average molecular weight is 207 g/mol. The Kier molecular flexibility index (Phi) is 4.84. The van der Waals surface area contributed by atoms with Crippen molar-refractivity contribution in [1.82, 2.24) is 0 Å². The summed E-state index contributed by atoms with van der Waals surface area (Å²) in [5.74, 6) is 0. The molecule has 0 saturated carbocycles. The minimum Gasteiger partial charge on any atom is -0.393 e. The minimum absolute atomic E-state index is 0.196. The van der Waals surface area contributed by atoms with Crippen LogP contribution in [0.25, 0.3) is 0 Å². The molecular weight excluding hydrogens is 190 g/mol. The summed E-state index contributed by atoms with van der Waals surface area (Å²) in [4.78, 5) is 5.04. The summed E-state index contributed by atoms with van der Waals surface area (Å²) in [5.41, 5.74) is 1.78. The molecule has 0 aliphatic heterocycles. The van der Waals surface area contributed by atoms with E-state index in [0.29, 0.717) is 0 Å². The van der Waals surface area contributed by atoms with Crippen LogP contribution in [0.15, 0.2) is 35.5 Å². The predicted octanol–water partition coefficient (Wildman–Crippen LogP) is 2.52. The number of benzene rings is 1. The van der Waals surface area contributed by atoms with Crippen molar-refractivity contribution in [2.24, 2.45) is 5.16 Å². The van der Waals surface area contributed by atoms with Crippen molar-refractivity contribution in [2.45, 2.75) is 26.4 Å². The number of nitrogens with zero attached hydrogens (tertiary/aromatic N) is 1. The van der Waals surface area contributed by atoms with E-state index < -0.39 is 6.10 Å². The third-order valence-corrected chi connectivity index (χ3v) is 2.15. The van der Waals surface area contributed by atoms with E-state index in [0.717, 1.165) is 17.7 Å². The maximum Gasteiger partial charge on any atom is 0.147 e. The SMILES string of the molecule is CC/C(C)=N/OCC(O)c1ccccc1. The molecule has 82 valence electrons. The summed E-state index contributed by atoms with van der Waals surface area (Å²) in [6, 6.07) is 9.42. The van der Waals surface area contributed by atoms with Gasteiger partial charge in [0.15, 0.2) is 0 Å². The second-order valence-electron chi connectivity index (χ2n) is 3.40. The van der Waals surface area contributed by atoms with Gasteiger partial charge in [0.05, 0.1) is 5.71 Å². The zero-order chi connectivity index (χ0) is 11.1. The third kappa shape index (κ3) is 4.13. The van der Waals surface area contributed by atoms with Gasteiger partial charge in [-0.3, -0.25) is 0 Å². The molecule has 0 fully saturated rings. The van der Waals surface area contributed by atoms with Gasteiger partial charge in [-0.05, 0) is 18.9 Å². The lowest BCUT2D eigenvalue weighted by molar-refractivity contribution is 0.0391. The molecule has 0 bridgehead atoms. The van der Waals surface area contributed by atoms with Crippen LogP contribution in [0.5, 0.6) is 0 Å². The van der Waals surface area contributed by atoms with Crippen molar-refractivity contribution in [3.63, 3.8) is 0 Å².